The third kappa shape index (κ3) is 5.96. The Morgan fingerprint density at radius 2 is 1.95 bits per heavy atom. The number of thiophene rings is 1. The van der Waals surface area contributed by atoms with Gasteiger partial charge >= 0.3 is 5.97 Å². The smallest absolute Gasteiger partial charge is 0.324 e. The third-order valence-electron chi connectivity index (χ3n) is 2.08. The molecule has 1 heterocycles. The van der Waals surface area contributed by atoms with Gasteiger partial charge in [-0.25, -0.2) is 8.42 Å². The molecule has 0 aromatic carbocycles. The molecular weight excluding hydrogens is 394 g/mol. The Morgan fingerprint density at radius 3 is 2.36 bits per heavy atom. The molecule has 0 aliphatic heterocycles. The lowest BCUT2D eigenvalue weighted by Gasteiger charge is -2.25. The van der Waals surface area contributed by atoms with Crippen molar-refractivity contribution in [2.24, 2.45) is 0 Å². The summed E-state index contributed by atoms with van der Waals surface area (Å²) < 4.78 is 31.7. The lowest BCUT2D eigenvalue weighted by Crippen LogP contribution is -2.39. The molecule has 0 spiro atoms. The van der Waals surface area contributed by atoms with Crippen molar-refractivity contribution >= 4 is 43.3 Å². The Kier molecular flexibility index (Phi) is 6.58. The van der Waals surface area contributed by atoms with E-state index in [0.29, 0.717) is 8.25 Å². The predicted octanol–water partition coefficient (Wildman–Crippen LogP) is 3.18. The second-order valence-corrected chi connectivity index (χ2v) is 10.3. The summed E-state index contributed by atoms with van der Waals surface area (Å²) in [7, 11) is -3.93. The maximum atomic E-state index is 12.6. The van der Waals surface area contributed by atoms with Gasteiger partial charge in [-0.15, -0.1) is 11.3 Å². The van der Waals surface area contributed by atoms with Crippen molar-refractivity contribution in [3.05, 3.63) is 15.9 Å². The van der Waals surface area contributed by atoms with Crippen molar-refractivity contribution in [3.63, 3.8) is 0 Å². The third-order valence-corrected chi connectivity index (χ3v) is 5.77. The Morgan fingerprint density at radius 1 is 1.36 bits per heavy atom. The summed E-state index contributed by atoms with van der Waals surface area (Å²) in [5.74, 6) is -0.674. The molecular formula is C13H20BrNO5S2. The van der Waals surface area contributed by atoms with Crippen LogP contribution in [0.4, 0.5) is 0 Å². The van der Waals surface area contributed by atoms with Crippen LogP contribution in [0.15, 0.2) is 20.1 Å². The Balaban J connectivity index is 3.00. The Hall–Kier alpha value is -0.480. The lowest BCUT2D eigenvalue weighted by molar-refractivity contribution is -0.170. The highest BCUT2D eigenvalue weighted by molar-refractivity contribution is 9.11. The van der Waals surface area contributed by atoms with Crippen LogP contribution in [-0.4, -0.2) is 37.1 Å². The highest BCUT2D eigenvalue weighted by Crippen LogP contribution is 2.29. The Bertz CT molecular complexity index is 619. The van der Waals surface area contributed by atoms with Gasteiger partial charge in [0.1, 0.15) is 16.4 Å². The fraction of sp³-hybridized carbons (Fsp3) is 0.615. The van der Waals surface area contributed by atoms with E-state index in [-0.39, 0.29) is 4.21 Å². The monoisotopic (exact) mass is 413 g/mol. The molecule has 126 valence electrons. The summed E-state index contributed by atoms with van der Waals surface area (Å²) in [6.45, 7) is 7.99. The average Bonchev–Trinajstić information content (AvgIpc) is 2.72. The van der Waals surface area contributed by atoms with E-state index < -0.39 is 34.2 Å². The number of sulfonamides is 1. The fourth-order valence-corrected chi connectivity index (χ4v) is 4.81. The van der Waals surface area contributed by atoms with Crippen LogP contribution in [0.3, 0.4) is 0 Å². The van der Waals surface area contributed by atoms with E-state index >= 15 is 0 Å². The van der Waals surface area contributed by atoms with E-state index in [1.807, 2.05) is 0 Å². The summed E-state index contributed by atoms with van der Waals surface area (Å²) >= 11 is 4.26. The van der Waals surface area contributed by atoms with E-state index in [4.69, 9.17) is 9.57 Å². The van der Waals surface area contributed by atoms with Crippen LogP contribution in [0.2, 0.25) is 0 Å². The molecule has 0 saturated carbocycles. The first-order valence-corrected chi connectivity index (χ1v) is 9.63. The van der Waals surface area contributed by atoms with Crippen molar-refractivity contribution in [1.82, 2.24) is 4.47 Å². The zero-order valence-corrected chi connectivity index (χ0v) is 16.3. The van der Waals surface area contributed by atoms with E-state index in [9.17, 15) is 13.2 Å². The number of carbonyl (C=O) groups excluding carboxylic acids is 1. The summed E-state index contributed by atoms with van der Waals surface area (Å²) in [6.07, 6.45) is -0.402. The zero-order chi connectivity index (χ0) is 17.1. The molecule has 0 fully saturated rings. The van der Waals surface area contributed by atoms with Gasteiger partial charge in [0, 0.05) is 0 Å². The summed E-state index contributed by atoms with van der Waals surface area (Å²) in [5.41, 5.74) is -0.698. The molecule has 6 nitrogen and oxygen atoms in total. The first-order valence-electron chi connectivity index (χ1n) is 6.58. The Labute approximate surface area is 143 Å². The van der Waals surface area contributed by atoms with Crippen LogP contribution >= 0.6 is 27.3 Å². The van der Waals surface area contributed by atoms with Gasteiger partial charge in [-0.3, -0.25) is 9.63 Å². The van der Waals surface area contributed by atoms with Crippen LogP contribution in [0, 0.1) is 0 Å². The van der Waals surface area contributed by atoms with Crippen molar-refractivity contribution in [2.75, 3.05) is 6.54 Å². The van der Waals surface area contributed by atoms with Crippen LogP contribution < -0.4 is 0 Å². The number of halogens is 1. The second-order valence-electron chi connectivity index (χ2n) is 5.77. The predicted molar refractivity (Wildman–Crippen MR) is 88.0 cm³/mol. The molecule has 0 saturated heterocycles. The molecule has 0 bridgehead atoms. The van der Waals surface area contributed by atoms with Crippen LogP contribution in [0.1, 0.15) is 34.6 Å². The van der Waals surface area contributed by atoms with Gasteiger partial charge < -0.3 is 4.74 Å². The standard InChI is InChI=1S/C13H20BrNO5S2/c1-9(2)20-15(8-11(16)19-13(3,4)5)22(17,18)12-7-6-10(14)21-12/h6-7,9H,8H2,1-5H3. The number of esters is 1. The first kappa shape index (κ1) is 19.6. The molecule has 0 aliphatic carbocycles. The number of hydrogen-bond acceptors (Lipinski definition) is 6. The molecule has 0 N–H and O–H groups in total. The van der Waals surface area contributed by atoms with Gasteiger partial charge in [0.2, 0.25) is 0 Å². The molecule has 0 aliphatic rings. The van der Waals surface area contributed by atoms with Crippen LogP contribution in [0.5, 0.6) is 0 Å². The summed E-state index contributed by atoms with van der Waals surface area (Å²) in [5, 5.41) is 0. The minimum Gasteiger partial charge on any atom is -0.459 e. The van der Waals surface area contributed by atoms with Crippen molar-refractivity contribution in [1.29, 1.82) is 0 Å². The lowest BCUT2D eigenvalue weighted by atomic mass is 10.2. The van der Waals surface area contributed by atoms with Gasteiger partial charge in [-0.2, -0.15) is 0 Å². The largest absolute Gasteiger partial charge is 0.459 e. The van der Waals surface area contributed by atoms with E-state index in [0.717, 1.165) is 11.3 Å². The fourth-order valence-electron chi connectivity index (χ4n) is 1.43. The van der Waals surface area contributed by atoms with Crippen molar-refractivity contribution in [2.45, 2.75) is 50.5 Å². The zero-order valence-electron chi connectivity index (χ0n) is 13.1. The van der Waals surface area contributed by atoms with E-state index in [2.05, 4.69) is 15.9 Å². The maximum Gasteiger partial charge on any atom is 0.324 e. The van der Waals surface area contributed by atoms with Gasteiger partial charge in [0.25, 0.3) is 10.0 Å². The SMILES string of the molecule is CC(C)ON(CC(=O)OC(C)(C)C)S(=O)(=O)c1ccc(Br)s1. The molecule has 0 atom stereocenters. The number of nitrogens with zero attached hydrogens (tertiary/aromatic N) is 1. The van der Waals surface area contributed by atoms with Crippen LogP contribution in [-0.2, 0) is 24.4 Å². The molecule has 0 radical (unpaired) electrons. The van der Waals surface area contributed by atoms with Crippen molar-refractivity contribution in [3.8, 4) is 0 Å². The number of hydroxylamine groups is 1. The van der Waals surface area contributed by atoms with Gasteiger partial charge in [0.15, 0.2) is 0 Å². The second kappa shape index (κ2) is 7.39. The average molecular weight is 414 g/mol. The van der Waals surface area contributed by atoms with E-state index in [1.165, 1.54) is 6.07 Å². The minimum absolute atomic E-state index is 0.0867. The van der Waals surface area contributed by atoms with Crippen LogP contribution in [0.25, 0.3) is 0 Å². The number of rotatable bonds is 6. The normalized spacial score (nSPS) is 12.9. The van der Waals surface area contributed by atoms with E-state index in [1.54, 1.807) is 40.7 Å². The highest BCUT2D eigenvalue weighted by Gasteiger charge is 2.31. The molecule has 9 heteroatoms. The molecule has 1 rings (SSSR count). The van der Waals surface area contributed by atoms with Gasteiger partial charge in [0.05, 0.1) is 9.89 Å². The quantitative estimate of drug-likeness (QED) is 0.528. The molecule has 0 unspecified atom stereocenters. The summed E-state index contributed by atoms with van der Waals surface area (Å²) in [4.78, 5) is 17.2. The van der Waals surface area contributed by atoms with Crippen molar-refractivity contribution < 1.29 is 22.8 Å². The summed E-state index contributed by atoms with van der Waals surface area (Å²) in [6, 6.07) is 3.08. The number of carbonyl (C=O) groups is 1. The highest BCUT2D eigenvalue weighted by atomic mass is 79.9. The van der Waals surface area contributed by atoms with Gasteiger partial charge in [-0.1, -0.05) is 4.47 Å². The van der Waals surface area contributed by atoms with Gasteiger partial charge in [-0.05, 0) is 62.7 Å². The molecule has 1 aromatic heterocycles. The first-order chi connectivity index (χ1) is 9.91. The number of ether oxygens (including phenoxy) is 1. The number of hydrogen-bond donors (Lipinski definition) is 0. The molecule has 22 heavy (non-hydrogen) atoms. The minimum atomic E-state index is -3.93. The molecule has 0 amide bonds. The topological polar surface area (TPSA) is 72.9 Å². The molecule has 1 aromatic rings. The maximum absolute atomic E-state index is 12.6.